The Kier molecular flexibility index (Phi) is 7.16. The lowest BCUT2D eigenvalue weighted by molar-refractivity contribution is 0.0526. The number of hydrogen-bond donors (Lipinski definition) is 2. The number of ether oxygens (including phenoxy) is 2. The van der Waals surface area contributed by atoms with E-state index < -0.39 is 17.7 Å². The van der Waals surface area contributed by atoms with Gasteiger partial charge in [0.05, 0.1) is 12.7 Å². The number of benzene rings is 1. The van der Waals surface area contributed by atoms with Gasteiger partial charge in [-0.1, -0.05) is 11.6 Å². The first kappa shape index (κ1) is 19.1. The molecule has 7 heteroatoms. The van der Waals surface area contributed by atoms with Gasteiger partial charge in [-0.05, 0) is 45.4 Å². The van der Waals surface area contributed by atoms with Gasteiger partial charge in [-0.15, -0.1) is 0 Å². The Balaban J connectivity index is 2.42. The van der Waals surface area contributed by atoms with Crippen LogP contribution in [-0.2, 0) is 9.47 Å². The van der Waals surface area contributed by atoms with E-state index in [1.807, 2.05) is 20.8 Å². The summed E-state index contributed by atoms with van der Waals surface area (Å²) < 4.78 is 9.86. The molecule has 1 rings (SSSR count). The highest BCUT2D eigenvalue weighted by Crippen LogP contribution is 2.21. The molecule has 23 heavy (non-hydrogen) atoms. The van der Waals surface area contributed by atoms with Crippen molar-refractivity contribution >= 4 is 29.4 Å². The molecule has 1 aromatic carbocycles. The fourth-order valence-electron chi connectivity index (χ4n) is 1.77. The maximum Gasteiger partial charge on any atom is 0.407 e. The summed E-state index contributed by atoms with van der Waals surface area (Å²) in [6.45, 7) is 6.46. The molecule has 0 spiro atoms. The molecular weight excluding hydrogens is 320 g/mol. The van der Waals surface area contributed by atoms with Crippen LogP contribution < -0.4 is 10.6 Å². The molecule has 0 aliphatic rings. The zero-order chi connectivity index (χ0) is 17.5. The number of esters is 1. The Morgan fingerprint density at radius 2 is 1.91 bits per heavy atom. The number of alkyl carbamates (subject to hydrolysis) is 1. The third kappa shape index (κ3) is 7.23. The van der Waals surface area contributed by atoms with Gasteiger partial charge in [-0.25, -0.2) is 9.59 Å². The summed E-state index contributed by atoms with van der Waals surface area (Å²) in [5.41, 5.74) is 0.500. The van der Waals surface area contributed by atoms with Gasteiger partial charge in [0.2, 0.25) is 0 Å². The predicted molar refractivity (Wildman–Crippen MR) is 90.1 cm³/mol. The van der Waals surface area contributed by atoms with Gasteiger partial charge in [0.1, 0.15) is 5.60 Å². The molecule has 6 nitrogen and oxygen atoms in total. The number of halogens is 1. The predicted octanol–water partition coefficient (Wildman–Crippen LogP) is 3.45. The van der Waals surface area contributed by atoms with Gasteiger partial charge >= 0.3 is 12.1 Å². The van der Waals surface area contributed by atoms with Crippen molar-refractivity contribution in [1.29, 1.82) is 0 Å². The average molecular weight is 343 g/mol. The second-order valence-electron chi connectivity index (χ2n) is 5.89. The van der Waals surface area contributed by atoms with Crippen molar-refractivity contribution < 1.29 is 19.1 Å². The van der Waals surface area contributed by atoms with Crippen LogP contribution >= 0.6 is 11.6 Å². The molecule has 1 aromatic rings. The molecule has 0 aliphatic carbocycles. The summed E-state index contributed by atoms with van der Waals surface area (Å²) in [7, 11) is 1.32. The number of carbonyl (C=O) groups excluding carboxylic acids is 2. The van der Waals surface area contributed by atoms with Gasteiger partial charge in [-0.2, -0.15) is 0 Å². The van der Waals surface area contributed by atoms with Crippen LogP contribution in [0.3, 0.4) is 0 Å². The molecule has 0 saturated carbocycles. The number of amides is 1. The quantitative estimate of drug-likeness (QED) is 0.611. The minimum atomic E-state index is -0.513. The number of anilines is 1. The maximum absolute atomic E-state index is 11.7. The number of rotatable bonds is 6. The van der Waals surface area contributed by atoms with Crippen LogP contribution in [0, 0.1) is 0 Å². The molecule has 0 fully saturated rings. The summed E-state index contributed by atoms with van der Waals surface area (Å²) in [4.78, 5) is 23.2. The molecule has 0 aliphatic heterocycles. The Bertz CT molecular complexity index is 556. The van der Waals surface area contributed by atoms with Crippen molar-refractivity contribution in [2.45, 2.75) is 32.8 Å². The van der Waals surface area contributed by atoms with Crippen LogP contribution in [0.5, 0.6) is 0 Å². The van der Waals surface area contributed by atoms with Crippen LogP contribution in [0.1, 0.15) is 37.6 Å². The van der Waals surface area contributed by atoms with Crippen LogP contribution in [0.15, 0.2) is 18.2 Å². The second-order valence-corrected chi connectivity index (χ2v) is 6.33. The average Bonchev–Trinajstić information content (AvgIpc) is 2.45. The summed E-state index contributed by atoms with van der Waals surface area (Å²) in [5.74, 6) is -0.457. The van der Waals surface area contributed by atoms with E-state index in [2.05, 4.69) is 10.6 Å². The molecule has 0 radical (unpaired) electrons. The highest BCUT2D eigenvalue weighted by Gasteiger charge is 2.15. The molecule has 2 N–H and O–H groups in total. The SMILES string of the molecule is COC(=O)c1cc(Cl)ccc1NCCCNC(=O)OC(C)(C)C. The number of nitrogens with one attached hydrogen (secondary N) is 2. The molecule has 0 saturated heterocycles. The van der Waals surface area contributed by atoms with Crippen molar-refractivity contribution in [1.82, 2.24) is 5.32 Å². The summed E-state index contributed by atoms with van der Waals surface area (Å²) in [6, 6.07) is 4.96. The zero-order valence-corrected chi connectivity index (χ0v) is 14.6. The van der Waals surface area contributed by atoms with E-state index in [4.69, 9.17) is 21.1 Å². The lowest BCUT2D eigenvalue weighted by Gasteiger charge is -2.19. The lowest BCUT2D eigenvalue weighted by Crippen LogP contribution is -2.33. The summed E-state index contributed by atoms with van der Waals surface area (Å²) >= 11 is 5.89. The second kappa shape index (κ2) is 8.62. The molecule has 0 unspecified atom stereocenters. The summed E-state index contributed by atoms with van der Waals surface area (Å²) in [5, 5.41) is 6.26. The fourth-order valence-corrected chi connectivity index (χ4v) is 1.94. The van der Waals surface area contributed by atoms with Crippen molar-refractivity contribution in [2.75, 3.05) is 25.5 Å². The number of methoxy groups -OCH3 is 1. The lowest BCUT2D eigenvalue weighted by atomic mass is 10.1. The number of carbonyl (C=O) groups is 2. The largest absolute Gasteiger partial charge is 0.465 e. The molecule has 1 amide bonds. The monoisotopic (exact) mass is 342 g/mol. The number of hydrogen-bond acceptors (Lipinski definition) is 5. The Hall–Kier alpha value is -1.95. The van der Waals surface area contributed by atoms with E-state index in [1.54, 1.807) is 18.2 Å². The van der Waals surface area contributed by atoms with E-state index in [-0.39, 0.29) is 0 Å². The first-order chi connectivity index (χ1) is 10.7. The molecule has 0 heterocycles. The van der Waals surface area contributed by atoms with Gasteiger partial charge in [0, 0.05) is 23.8 Å². The van der Waals surface area contributed by atoms with Gasteiger partial charge in [0.25, 0.3) is 0 Å². The van der Waals surface area contributed by atoms with E-state index in [1.165, 1.54) is 7.11 Å². The Morgan fingerprint density at radius 3 is 2.52 bits per heavy atom. The van der Waals surface area contributed by atoms with Crippen molar-refractivity contribution in [3.05, 3.63) is 28.8 Å². The third-order valence-corrected chi connectivity index (χ3v) is 2.96. The van der Waals surface area contributed by atoms with Crippen LogP contribution in [0.25, 0.3) is 0 Å². The standard InChI is InChI=1S/C16H23ClN2O4/c1-16(2,3)23-15(21)19-9-5-8-18-13-7-6-11(17)10-12(13)14(20)22-4/h6-7,10,18H,5,8-9H2,1-4H3,(H,19,21). The first-order valence-corrected chi connectivity index (χ1v) is 7.69. The van der Waals surface area contributed by atoms with Gasteiger partial charge in [0.15, 0.2) is 0 Å². The topological polar surface area (TPSA) is 76.7 Å². The molecule has 0 aromatic heterocycles. The molecule has 0 atom stereocenters. The van der Waals surface area contributed by atoms with E-state index >= 15 is 0 Å². The highest BCUT2D eigenvalue weighted by atomic mass is 35.5. The van der Waals surface area contributed by atoms with Crippen molar-refractivity contribution in [3.8, 4) is 0 Å². The fraction of sp³-hybridized carbons (Fsp3) is 0.500. The molecule has 0 bridgehead atoms. The molecule has 128 valence electrons. The normalized spacial score (nSPS) is 10.8. The van der Waals surface area contributed by atoms with Crippen LogP contribution in [-0.4, -0.2) is 37.9 Å². The van der Waals surface area contributed by atoms with E-state index in [0.717, 1.165) is 0 Å². The van der Waals surface area contributed by atoms with E-state index in [0.29, 0.717) is 35.8 Å². The highest BCUT2D eigenvalue weighted by molar-refractivity contribution is 6.31. The Labute approximate surface area is 141 Å². The maximum atomic E-state index is 11.7. The Morgan fingerprint density at radius 1 is 1.22 bits per heavy atom. The third-order valence-electron chi connectivity index (χ3n) is 2.72. The van der Waals surface area contributed by atoms with Crippen molar-refractivity contribution in [2.24, 2.45) is 0 Å². The minimum Gasteiger partial charge on any atom is -0.465 e. The van der Waals surface area contributed by atoms with Gasteiger partial charge in [-0.3, -0.25) is 0 Å². The van der Waals surface area contributed by atoms with Gasteiger partial charge < -0.3 is 20.1 Å². The summed E-state index contributed by atoms with van der Waals surface area (Å²) in [6.07, 6.45) is 0.224. The first-order valence-electron chi connectivity index (χ1n) is 7.31. The van der Waals surface area contributed by atoms with Crippen LogP contribution in [0.2, 0.25) is 5.02 Å². The molecular formula is C16H23ClN2O4. The smallest absolute Gasteiger partial charge is 0.407 e. The van der Waals surface area contributed by atoms with Crippen molar-refractivity contribution in [3.63, 3.8) is 0 Å². The zero-order valence-electron chi connectivity index (χ0n) is 13.9. The van der Waals surface area contributed by atoms with Crippen LogP contribution in [0.4, 0.5) is 10.5 Å². The minimum absolute atomic E-state index is 0.375. The van der Waals surface area contributed by atoms with E-state index in [9.17, 15) is 9.59 Å².